The highest BCUT2D eigenvalue weighted by atomic mass is 16.4. The summed E-state index contributed by atoms with van der Waals surface area (Å²) < 4.78 is 0. The van der Waals surface area contributed by atoms with Crippen LogP contribution in [0, 0.1) is 19.8 Å². The SMILES string of the molecule is C=CCN1C(=O)CC(C(=O)O)C1c1ccc(C)c(C)c1. The average Bonchev–Trinajstić information content (AvgIpc) is 2.71. The van der Waals surface area contributed by atoms with Gasteiger partial charge in [0.1, 0.15) is 0 Å². The van der Waals surface area contributed by atoms with E-state index in [4.69, 9.17) is 0 Å². The lowest BCUT2D eigenvalue weighted by atomic mass is 9.92. The molecule has 2 unspecified atom stereocenters. The lowest BCUT2D eigenvalue weighted by Crippen LogP contribution is -2.30. The van der Waals surface area contributed by atoms with Crippen molar-refractivity contribution in [2.24, 2.45) is 5.92 Å². The van der Waals surface area contributed by atoms with Gasteiger partial charge in [-0.15, -0.1) is 6.58 Å². The smallest absolute Gasteiger partial charge is 0.309 e. The van der Waals surface area contributed by atoms with Gasteiger partial charge in [-0.2, -0.15) is 0 Å². The molecular formula is C16H19NO3. The van der Waals surface area contributed by atoms with Crippen molar-refractivity contribution in [3.63, 3.8) is 0 Å². The van der Waals surface area contributed by atoms with Gasteiger partial charge in [0.25, 0.3) is 0 Å². The molecule has 1 aromatic rings. The van der Waals surface area contributed by atoms with E-state index < -0.39 is 17.9 Å². The molecule has 20 heavy (non-hydrogen) atoms. The van der Waals surface area contributed by atoms with Crippen LogP contribution in [0.15, 0.2) is 30.9 Å². The number of carbonyl (C=O) groups is 2. The fraction of sp³-hybridized carbons (Fsp3) is 0.375. The molecule has 1 heterocycles. The maximum absolute atomic E-state index is 12.0. The van der Waals surface area contributed by atoms with Crippen molar-refractivity contribution >= 4 is 11.9 Å². The Morgan fingerprint density at radius 1 is 1.45 bits per heavy atom. The molecule has 1 amide bonds. The first kappa shape index (κ1) is 14.3. The Balaban J connectivity index is 2.45. The molecule has 1 fully saturated rings. The molecule has 2 atom stereocenters. The Morgan fingerprint density at radius 3 is 2.70 bits per heavy atom. The first-order valence-corrected chi connectivity index (χ1v) is 6.66. The van der Waals surface area contributed by atoms with Crippen LogP contribution in [0.2, 0.25) is 0 Å². The van der Waals surface area contributed by atoms with Crippen molar-refractivity contribution in [1.82, 2.24) is 4.90 Å². The first-order chi connectivity index (χ1) is 9.45. The second-order valence-corrected chi connectivity index (χ2v) is 5.27. The van der Waals surface area contributed by atoms with Crippen LogP contribution in [-0.4, -0.2) is 28.4 Å². The molecule has 1 N–H and O–H groups in total. The Kier molecular flexibility index (Phi) is 3.93. The molecule has 0 aliphatic carbocycles. The van der Waals surface area contributed by atoms with Gasteiger partial charge in [0, 0.05) is 13.0 Å². The summed E-state index contributed by atoms with van der Waals surface area (Å²) in [5, 5.41) is 9.37. The molecular weight excluding hydrogens is 254 g/mol. The summed E-state index contributed by atoms with van der Waals surface area (Å²) in [6.45, 7) is 8.02. The number of likely N-dealkylation sites (tertiary alicyclic amines) is 1. The lowest BCUT2D eigenvalue weighted by molar-refractivity contribution is -0.142. The minimum Gasteiger partial charge on any atom is -0.481 e. The van der Waals surface area contributed by atoms with Crippen LogP contribution in [0.3, 0.4) is 0 Å². The number of nitrogens with zero attached hydrogens (tertiary/aromatic N) is 1. The molecule has 2 rings (SSSR count). The number of carboxylic acid groups (broad SMARTS) is 1. The third-order valence-electron chi connectivity index (χ3n) is 3.95. The van der Waals surface area contributed by atoms with Gasteiger partial charge in [0.2, 0.25) is 5.91 Å². The van der Waals surface area contributed by atoms with Crippen LogP contribution >= 0.6 is 0 Å². The normalized spacial score (nSPS) is 22.1. The van der Waals surface area contributed by atoms with E-state index in [-0.39, 0.29) is 12.3 Å². The highest BCUT2D eigenvalue weighted by Crippen LogP contribution is 2.38. The number of carboxylic acids is 1. The Hall–Kier alpha value is -2.10. The summed E-state index contributed by atoms with van der Waals surface area (Å²) in [5.74, 6) is -1.74. The minimum atomic E-state index is -0.923. The second kappa shape index (κ2) is 5.49. The fourth-order valence-electron chi connectivity index (χ4n) is 2.73. The van der Waals surface area contributed by atoms with E-state index in [1.165, 1.54) is 0 Å². The quantitative estimate of drug-likeness (QED) is 0.857. The van der Waals surface area contributed by atoms with Gasteiger partial charge in [-0.3, -0.25) is 9.59 Å². The minimum absolute atomic E-state index is 0.0563. The van der Waals surface area contributed by atoms with Gasteiger partial charge in [0.15, 0.2) is 0 Å². The van der Waals surface area contributed by atoms with E-state index in [1.54, 1.807) is 11.0 Å². The predicted octanol–water partition coefficient (Wildman–Crippen LogP) is 2.46. The topological polar surface area (TPSA) is 57.6 Å². The zero-order chi connectivity index (χ0) is 14.9. The molecule has 106 valence electrons. The summed E-state index contributed by atoms with van der Waals surface area (Å²) in [5.41, 5.74) is 3.14. The van der Waals surface area contributed by atoms with E-state index in [0.29, 0.717) is 6.54 Å². The molecule has 0 bridgehead atoms. The Labute approximate surface area is 118 Å². The van der Waals surface area contributed by atoms with Crippen molar-refractivity contribution in [1.29, 1.82) is 0 Å². The van der Waals surface area contributed by atoms with Gasteiger partial charge < -0.3 is 10.0 Å². The number of aliphatic carboxylic acids is 1. The summed E-state index contributed by atoms with van der Waals surface area (Å²) in [4.78, 5) is 25.1. The van der Waals surface area contributed by atoms with Gasteiger partial charge in [-0.25, -0.2) is 0 Å². The van der Waals surface area contributed by atoms with Crippen LogP contribution in [0.25, 0.3) is 0 Å². The van der Waals surface area contributed by atoms with E-state index in [2.05, 4.69) is 6.58 Å². The average molecular weight is 273 g/mol. The number of benzene rings is 1. The number of rotatable bonds is 4. The molecule has 1 aliphatic rings. The zero-order valence-corrected chi connectivity index (χ0v) is 11.8. The van der Waals surface area contributed by atoms with Crippen molar-refractivity contribution in [2.45, 2.75) is 26.3 Å². The first-order valence-electron chi connectivity index (χ1n) is 6.66. The number of aryl methyl sites for hydroxylation is 2. The standard InChI is InChI=1S/C16H19NO3/c1-4-7-17-14(18)9-13(16(19)20)15(17)12-6-5-10(2)11(3)8-12/h4-6,8,13,15H,1,7,9H2,2-3H3,(H,19,20). The van der Waals surface area contributed by atoms with Crippen molar-refractivity contribution in [2.75, 3.05) is 6.54 Å². The summed E-state index contributed by atoms with van der Waals surface area (Å²) in [6, 6.07) is 5.46. The monoisotopic (exact) mass is 273 g/mol. The molecule has 1 saturated heterocycles. The van der Waals surface area contributed by atoms with Crippen molar-refractivity contribution in [3.05, 3.63) is 47.5 Å². The molecule has 1 aliphatic heterocycles. The Bertz CT molecular complexity index is 565. The van der Waals surface area contributed by atoms with Crippen LogP contribution in [-0.2, 0) is 9.59 Å². The molecule has 0 aromatic heterocycles. The third-order valence-corrected chi connectivity index (χ3v) is 3.95. The number of amides is 1. The summed E-state index contributed by atoms with van der Waals surface area (Å²) >= 11 is 0. The second-order valence-electron chi connectivity index (χ2n) is 5.27. The number of hydrogen-bond acceptors (Lipinski definition) is 2. The molecule has 1 aromatic carbocycles. The van der Waals surface area contributed by atoms with Gasteiger partial charge in [-0.1, -0.05) is 24.3 Å². The van der Waals surface area contributed by atoms with Crippen LogP contribution < -0.4 is 0 Å². The number of carbonyl (C=O) groups excluding carboxylic acids is 1. The third kappa shape index (κ3) is 2.46. The van der Waals surface area contributed by atoms with Crippen LogP contribution in [0.4, 0.5) is 0 Å². The van der Waals surface area contributed by atoms with E-state index in [1.807, 2.05) is 32.0 Å². The van der Waals surface area contributed by atoms with Crippen molar-refractivity contribution < 1.29 is 14.7 Å². The number of hydrogen-bond donors (Lipinski definition) is 1. The van der Waals surface area contributed by atoms with E-state index in [0.717, 1.165) is 16.7 Å². The van der Waals surface area contributed by atoms with Gasteiger partial charge in [-0.05, 0) is 30.5 Å². The lowest BCUT2D eigenvalue weighted by Gasteiger charge is -2.26. The molecule has 4 nitrogen and oxygen atoms in total. The molecule has 0 saturated carbocycles. The zero-order valence-electron chi connectivity index (χ0n) is 11.8. The molecule has 0 spiro atoms. The van der Waals surface area contributed by atoms with Gasteiger partial charge >= 0.3 is 5.97 Å². The largest absolute Gasteiger partial charge is 0.481 e. The van der Waals surface area contributed by atoms with Gasteiger partial charge in [0.05, 0.1) is 12.0 Å². The fourth-order valence-corrected chi connectivity index (χ4v) is 2.73. The van der Waals surface area contributed by atoms with Crippen LogP contribution in [0.1, 0.15) is 29.2 Å². The summed E-state index contributed by atoms with van der Waals surface area (Å²) in [6.07, 6.45) is 1.69. The highest BCUT2D eigenvalue weighted by Gasteiger charge is 2.44. The predicted molar refractivity (Wildman–Crippen MR) is 76.3 cm³/mol. The molecule has 0 radical (unpaired) electrons. The van der Waals surface area contributed by atoms with Crippen LogP contribution in [0.5, 0.6) is 0 Å². The maximum Gasteiger partial charge on any atom is 0.309 e. The molecule has 4 heteroatoms. The maximum atomic E-state index is 12.0. The Morgan fingerprint density at radius 2 is 2.15 bits per heavy atom. The van der Waals surface area contributed by atoms with E-state index in [9.17, 15) is 14.7 Å². The van der Waals surface area contributed by atoms with Crippen molar-refractivity contribution in [3.8, 4) is 0 Å². The van der Waals surface area contributed by atoms with E-state index >= 15 is 0 Å². The summed E-state index contributed by atoms with van der Waals surface area (Å²) in [7, 11) is 0. The highest BCUT2D eigenvalue weighted by molar-refractivity contribution is 5.87.